The van der Waals surface area contributed by atoms with E-state index in [-0.39, 0.29) is 28.8 Å². The Kier molecular flexibility index (Phi) is 6.62. The molecule has 1 aromatic carbocycles. The number of nitrogens with zero attached hydrogens (tertiary/aromatic N) is 6. The number of piperidine rings is 1. The highest BCUT2D eigenvalue weighted by molar-refractivity contribution is 6.31. The lowest BCUT2D eigenvalue weighted by molar-refractivity contribution is -0.138. The van der Waals surface area contributed by atoms with Crippen molar-refractivity contribution in [1.29, 1.82) is 0 Å². The normalized spacial score (nSPS) is 20.0. The molecule has 1 amide bonds. The maximum absolute atomic E-state index is 14.5. The van der Waals surface area contributed by atoms with Crippen LogP contribution in [0.4, 0.5) is 27.9 Å². The van der Waals surface area contributed by atoms with Crippen molar-refractivity contribution in [1.82, 2.24) is 29.9 Å². The van der Waals surface area contributed by atoms with E-state index in [0.717, 1.165) is 4.90 Å². The minimum Gasteiger partial charge on any atom is -0.352 e. The maximum Gasteiger partial charge on any atom is 0.419 e. The summed E-state index contributed by atoms with van der Waals surface area (Å²) in [6, 6.07) is 3.63. The molecule has 1 saturated heterocycles. The van der Waals surface area contributed by atoms with E-state index in [2.05, 4.69) is 25.5 Å². The molecule has 0 spiro atoms. The van der Waals surface area contributed by atoms with Crippen LogP contribution in [0.3, 0.4) is 0 Å². The average Bonchev–Trinajstić information content (AvgIpc) is 3.31. The molecular weight excluding hydrogens is 497 g/mol. The molecule has 3 aromatic rings. The molecule has 14 heteroatoms. The molecule has 0 aliphatic carbocycles. The monoisotopic (exact) mass is 515 g/mol. The second-order valence-corrected chi connectivity index (χ2v) is 8.63. The number of carbonyl (C=O) groups excluding carboxylic acids is 1. The van der Waals surface area contributed by atoms with E-state index < -0.39 is 48.5 Å². The maximum atomic E-state index is 14.5. The molecule has 1 fully saturated rings. The first-order chi connectivity index (χ1) is 16.4. The van der Waals surface area contributed by atoms with Crippen molar-refractivity contribution < 1.29 is 26.7 Å². The first-order valence-corrected chi connectivity index (χ1v) is 10.8. The van der Waals surface area contributed by atoms with Gasteiger partial charge in [-0.1, -0.05) is 18.5 Å². The summed E-state index contributed by atoms with van der Waals surface area (Å²) in [6.07, 6.45) is -1.03. The quantitative estimate of drug-likeness (QED) is 0.509. The van der Waals surface area contributed by atoms with Crippen LogP contribution in [0.15, 0.2) is 43.0 Å². The van der Waals surface area contributed by atoms with Gasteiger partial charge in [0.05, 0.1) is 41.8 Å². The number of hydrogen-bond acceptors (Lipinski definition) is 6. The summed E-state index contributed by atoms with van der Waals surface area (Å²) < 4.78 is 67.3. The zero-order valence-corrected chi connectivity index (χ0v) is 18.9. The Morgan fingerprint density at radius 3 is 2.49 bits per heavy atom. The number of halogens is 6. The Labute approximate surface area is 201 Å². The van der Waals surface area contributed by atoms with Crippen LogP contribution in [0.5, 0.6) is 0 Å². The van der Waals surface area contributed by atoms with Gasteiger partial charge in [0, 0.05) is 30.4 Å². The van der Waals surface area contributed by atoms with Gasteiger partial charge in [-0.25, -0.2) is 18.7 Å². The zero-order valence-electron chi connectivity index (χ0n) is 18.2. The van der Waals surface area contributed by atoms with Gasteiger partial charge >= 0.3 is 6.18 Å². The van der Waals surface area contributed by atoms with Crippen molar-refractivity contribution in [2.75, 3.05) is 18.4 Å². The van der Waals surface area contributed by atoms with Gasteiger partial charge in [0.1, 0.15) is 0 Å². The third-order valence-corrected chi connectivity index (χ3v) is 5.85. The van der Waals surface area contributed by atoms with Crippen molar-refractivity contribution in [2.45, 2.75) is 31.5 Å². The highest BCUT2D eigenvalue weighted by Gasteiger charge is 2.46. The number of rotatable bonds is 5. The number of amides is 1. The van der Waals surface area contributed by atoms with E-state index in [1.54, 1.807) is 6.92 Å². The van der Waals surface area contributed by atoms with Crippen LogP contribution in [-0.2, 0) is 6.18 Å². The fraction of sp³-hybridized carbons (Fsp3) is 0.381. The lowest BCUT2D eigenvalue weighted by Crippen LogP contribution is -2.57. The minimum atomic E-state index is -4.59. The molecule has 186 valence electrons. The van der Waals surface area contributed by atoms with Gasteiger partial charge in [0.25, 0.3) is 11.8 Å². The standard InChI is InChI=1S/C21H19ClF5N7O/c1-12-7-20(23,24)11-33(17(12)10-30-19-28-8-13(9-29-19)21(25,26)27)18(35)15-6-14(22)2-3-16(15)34-31-4-5-32-34/h2-6,8-9,12,17H,7,10-11H2,1H3,(H,28,29,30)/t12-,17?/m1/s1. The number of benzene rings is 1. The second kappa shape index (κ2) is 9.36. The number of alkyl halides is 5. The van der Waals surface area contributed by atoms with Crippen molar-refractivity contribution in [3.8, 4) is 5.69 Å². The first kappa shape index (κ1) is 24.8. The van der Waals surface area contributed by atoms with E-state index in [0.29, 0.717) is 12.4 Å². The summed E-state index contributed by atoms with van der Waals surface area (Å²) in [5.41, 5.74) is -0.746. The number of hydrogen-bond donors (Lipinski definition) is 1. The number of anilines is 1. The summed E-state index contributed by atoms with van der Waals surface area (Å²) in [6.45, 7) is 0.653. The predicted molar refractivity (Wildman–Crippen MR) is 115 cm³/mol. The molecule has 4 rings (SSSR count). The zero-order chi connectivity index (χ0) is 25.4. The Hall–Kier alpha value is -3.35. The summed E-state index contributed by atoms with van der Waals surface area (Å²) in [4.78, 5) is 23.0. The van der Waals surface area contributed by atoms with E-state index in [1.807, 2.05) is 0 Å². The van der Waals surface area contributed by atoms with Crippen molar-refractivity contribution in [2.24, 2.45) is 5.92 Å². The molecule has 0 bridgehead atoms. The van der Waals surface area contributed by atoms with E-state index in [1.165, 1.54) is 35.4 Å². The van der Waals surface area contributed by atoms with Crippen LogP contribution in [0.1, 0.15) is 29.3 Å². The number of likely N-dealkylation sites (tertiary alicyclic amines) is 1. The Morgan fingerprint density at radius 2 is 1.86 bits per heavy atom. The van der Waals surface area contributed by atoms with Crippen molar-refractivity contribution in [3.63, 3.8) is 0 Å². The predicted octanol–water partition coefficient (Wildman–Crippen LogP) is 4.33. The molecule has 0 saturated carbocycles. The molecule has 3 heterocycles. The lowest BCUT2D eigenvalue weighted by atomic mass is 9.87. The fourth-order valence-electron chi connectivity index (χ4n) is 3.99. The van der Waals surface area contributed by atoms with Crippen molar-refractivity contribution in [3.05, 3.63) is 59.1 Å². The smallest absolute Gasteiger partial charge is 0.352 e. The summed E-state index contributed by atoms with van der Waals surface area (Å²) in [5.74, 6) is -4.64. The van der Waals surface area contributed by atoms with Gasteiger partial charge < -0.3 is 10.2 Å². The molecule has 1 unspecified atom stereocenters. The van der Waals surface area contributed by atoms with Gasteiger partial charge in [0.2, 0.25) is 5.95 Å². The van der Waals surface area contributed by atoms with Crippen LogP contribution >= 0.6 is 11.6 Å². The van der Waals surface area contributed by atoms with E-state index in [9.17, 15) is 26.7 Å². The lowest BCUT2D eigenvalue weighted by Gasteiger charge is -2.43. The average molecular weight is 516 g/mol. The molecule has 1 aliphatic rings. The van der Waals surface area contributed by atoms with Crippen LogP contribution in [0, 0.1) is 5.92 Å². The topological polar surface area (TPSA) is 88.8 Å². The van der Waals surface area contributed by atoms with Crippen LogP contribution in [0.25, 0.3) is 5.69 Å². The molecule has 2 atom stereocenters. The highest BCUT2D eigenvalue weighted by atomic mass is 35.5. The van der Waals surface area contributed by atoms with E-state index >= 15 is 0 Å². The van der Waals surface area contributed by atoms with Gasteiger partial charge in [-0.2, -0.15) is 28.2 Å². The fourth-order valence-corrected chi connectivity index (χ4v) is 4.16. The summed E-state index contributed by atoms with van der Waals surface area (Å²) in [7, 11) is 0. The SMILES string of the molecule is C[C@@H]1CC(F)(F)CN(C(=O)c2cc(Cl)ccc2-n2nccn2)C1CNc1ncc(C(F)(F)F)cn1. The molecule has 1 aliphatic heterocycles. The molecule has 2 aromatic heterocycles. The third kappa shape index (κ3) is 5.50. The Morgan fingerprint density at radius 1 is 1.20 bits per heavy atom. The van der Waals surface area contributed by atoms with Crippen LogP contribution in [0.2, 0.25) is 5.02 Å². The Bertz CT molecular complexity index is 1190. The van der Waals surface area contributed by atoms with Crippen molar-refractivity contribution >= 4 is 23.5 Å². The number of nitrogens with one attached hydrogen (secondary N) is 1. The molecular formula is C21H19ClF5N7O. The first-order valence-electron chi connectivity index (χ1n) is 10.4. The van der Waals surface area contributed by atoms with Gasteiger partial charge in [0.15, 0.2) is 0 Å². The van der Waals surface area contributed by atoms with Gasteiger partial charge in [-0.05, 0) is 24.1 Å². The summed E-state index contributed by atoms with van der Waals surface area (Å²) in [5, 5.41) is 11.0. The Balaban J connectivity index is 1.61. The van der Waals surface area contributed by atoms with Gasteiger partial charge in [-0.3, -0.25) is 4.79 Å². The van der Waals surface area contributed by atoms with Crippen LogP contribution in [-0.4, -0.2) is 60.8 Å². The third-order valence-electron chi connectivity index (χ3n) is 5.61. The number of aromatic nitrogens is 5. The molecule has 0 radical (unpaired) electrons. The number of carbonyl (C=O) groups is 1. The molecule has 8 nitrogen and oxygen atoms in total. The molecule has 1 N–H and O–H groups in total. The largest absolute Gasteiger partial charge is 0.419 e. The highest BCUT2D eigenvalue weighted by Crippen LogP contribution is 2.36. The van der Waals surface area contributed by atoms with E-state index in [4.69, 9.17) is 11.6 Å². The summed E-state index contributed by atoms with van der Waals surface area (Å²) >= 11 is 6.09. The van der Waals surface area contributed by atoms with Crippen LogP contribution < -0.4 is 5.32 Å². The minimum absolute atomic E-state index is 0.0226. The second-order valence-electron chi connectivity index (χ2n) is 8.19. The molecule has 35 heavy (non-hydrogen) atoms. The van der Waals surface area contributed by atoms with Gasteiger partial charge in [-0.15, -0.1) is 0 Å².